The van der Waals surface area contributed by atoms with Crippen molar-refractivity contribution in [3.63, 3.8) is 0 Å². The largest absolute Gasteiger partial charge is 0.506 e. The molecule has 0 aromatic heterocycles. The van der Waals surface area contributed by atoms with E-state index in [1.165, 1.54) is 13.8 Å². The zero-order valence-electron chi connectivity index (χ0n) is 12.0. The summed E-state index contributed by atoms with van der Waals surface area (Å²) in [6.07, 6.45) is -0.0454. The lowest BCUT2D eigenvalue weighted by molar-refractivity contribution is -0.386. The third kappa shape index (κ3) is 3.51. The van der Waals surface area contributed by atoms with Crippen molar-refractivity contribution in [2.75, 3.05) is 6.61 Å². The molecule has 0 radical (unpaired) electrons. The quantitative estimate of drug-likeness (QED) is 0.471. The van der Waals surface area contributed by atoms with Gasteiger partial charge in [0.25, 0.3) is 5.69 Å². The topological polar surface area (TPSA) is 116 Å². The van der Waals surface area contributed by atoms with Gasteiger partial charge in [-0.1, -0.05) is 0 Å². The van der Waals surface area contributed by atoms with Gasteiger partial charge in [-0.3, -0.25) is 14.9 Å². The van der Waals surface area contributed by atoms with E-state index in [-0.39, 0.29) is 40.1 Å². The Morgan fingerprint density at radius 3 is 2.52 bits per heavy atom. The Balaban J connectivity index is 3.31. The molecule has 21 heavy (non-hydrogen) atoms. The maximum Gasteiger partial charge on any atom is 0.323 e. The van der Waals surface area contributed by atoms with Crippen LogP contribution < -0.4 is 5.73 Å². The fourth-order valence-corrected chi connectivity index (χ4v) is 2.52. The van der Waals surface area contributed by atoms with E-state index < -0.39 is 16.9 Å². The average molecular weight is 361 g/mol. The third-order valence-corrected chi connectivity index (χ3v) is 4.15. The molecular weight excluding hydrogens is 344 g/mol. The van der Waals surface area contributed by atoms with E-state index in [9.17, 15) is 20.0 Å². The van der Waals surface area contributed by atoms with Gasteiger partial charge < -0.3 is 15.6 Å². The second-order valence-electron chi connectivity index (χ2n) is 4.56. The van der Waals surface area contributed by atoms with E-state index in [4.69, 9.17) is 10.5 Å². The first-order chi connectivity index (χ1) is 9.72. The standard InChI is InChI=1S/C13H17BrN2O5/c1-4-21-13(18)9(15)5-8-6(2)11(16(19)20)7(3)10(14)12(8)17/h9,17H,4-5,15H2,1-3H3. The molecule has 0 saturated carbocycles. The number of hydrogen-bond acceptors (Lipinski definition) is 6. The normalized spacial score (nSPS) is 12.0. The average Bonchev–Trinajstić information content (AvgIpc) is 2.41. The second kappa shape index (κ2) is 6.86. The molecule has 0 spiro atoms. The lowest BCUT2D eigenvalue weighted by Gasteiger charge is -2.16. The molecule has 7 nitrogen and oxygen atoms in total. The van der Waals surface area contributed by atoms with Crippen molar-refractivity contribution < 1.29 is 19.6 Å². The van der Waals surface area contributed by atoms with Crippen LogP contribution in [-0.2, 0) is 16.0 Å². The summed E-state index contributed by atoms with van der Waals surface area (Å²) in [7, 11) is 0. The van der Waals surface area contributed by atoms with Crippen LogP contribution in [0.2, 0.25) is 0 Å². The number of nitro benzene ring substituents is 1. The van der Waals surface area contributed by atoms with Gasteiger partial charge >= 0.3 is 5.97 Å². The molecule has 8 heteroatoms. The molecule has 0 aliphatic heterocycles. The highest BCUT2D eigenvalue weighted by molar-refractivity contribution is 9.10. The Morgan fingerprint density at radius 1 is 1.48 bits per heavy atom. The van der Waals surface area contributed by atoms with E-state index >= 15 is 0 Å². The third-order valence-electron chi connectivity index (χ3n) is 3.18. The van der Waals surface area contributed by atoms with Crippen molar-refractivity contribution in [1.82, 2.24) is 0 Å². The number of esters is 1. The Bertz CT molecular complexity index is 589. The van der Waals surface area contributed by atoms with Crippen molar-refractivity contribution in [2.45, 2.75) is 33.2 Å². The molecule has 1 atom stereocenters. The lowest BCUT2D eigenvalue weighted by atomic mass is 9.96. The molecule has 116 valence electrons. The summed E-state index contributed by atoms with van der Waals surface area (Å²) >= 11 is 3.13. The fraction of sp³-hybridized carbons (Fsp3) is 0.462. The second-order valence-corrected chi connectivity index (χ2v) is 5.35. The highest BCUT2D eigenvalue weighted by Gasteiger charge is 2.27. The van der Waals surface area contributed by atoms with Gasteiger partial charge in [0.1, 0.15) is 11.8 Å². The van der Waals surface area contributed by atoms with Crippen LogP contribution in [0.15, 0.2) is 4.47 Å². The molecule has 1 unspecified atom stereocenters. The summed E-state index contributed by atoms with van der Waals surface area (Å²) in [6, 6.07) is -0.997. The Hall–Kier alpha value is -1.67. The van der Waals surface area contributed by atoms with Crippen molar-refractivity contribution in [2.24, 2.45) is 5.73 Å². The molecule has 0 aliphatic carbocycles. The number of phenolic OH excluding ortho intramolecular Hbond substituents is 1. The number of benzene rings is 1. The molecule has 1 aromatic carbocycles. The molecule has 3 N–H and O–H groups in total. The van der Waals surface area contributed by atoms with E-state index in [0.29, 0.717) is 5.56 Å². The molecule has 0 aliphatic rings. The zero-order chi connectivity index (χ0) is 16.3. The lowest BCUT2D eigenvalue weighted by Crippen LogP contribution is -2.34. The van der Waals surface area contributed by atoms with Gasteiger partial charge in [0.2, 0.25) is 0 Å². The number of ether oxygens (including phenoxy) is 1. The number of hydrogen-bond donors (Lipinski definition) is 2. The smallest absolute Gasteiger partial charge is 0.323 e. The molecular formula is C13H17BrN2O5. The number of nitro groups is 1. The Kier molecular flexibility index (Phi) is 5.68. The molecule has 1 aromatic rings. The first kappa shape index (κ1) is 17.4. The van der Waals surface area contributed by atoms with Gasteiger partial charge in [-0.05, 0) is 36.7 Å². The molecule has 0 fully saturated rings. The first-order valence-electron chi connectivity index (χ1n) is 6.29. The maximum absolute atomic E-state index is 11.6. The highest BCUT2D eigenvalue weighted by Crippen LogP contribution is 2.40. The van der Waals surface area contributed by atoms with Crippen LogP contribution in [0.25, 0.3) is 0 Å². The molecule has 0 amide bonds. The van der Waals surface area contributed by atoms with E-state index in [0.717, 1.165) is 0 Å². The van der Waals surface area contributed by atoms with Crippen LogP contribution in [0.3, 0.4) is 0 Å². The summed E-state index contributed by atoms with van der Waals surface area (Å²) in [6.45, 7) is 4.89. The van der Waals surface area contributed by atoms with Gasteiger partial charge in [-0.25, -0.2) is 0 Å². The first-order valence-corrected chi connectivity index (χ1v) is 7.08. The summed E-state index contributed by atoms with van der Waals surface area (Å²) in [4.78, 5) is 22.2. The number of phenols is 1. The SMILES string of the molecule is CCOC(=O)C(N)Cc1c(C)c([N+](=O)[O-])c(C)c(Br)c1O. The minimum absolute atomic E-state index is 0.0454. The number of nitrogens with zero attached hydrogens (tertiary/aromatic N) is 1. The monoisotopic (exact) mass is 360 g/mol. The Labute approximate surface area is 130 Å². The molecule has 1 rings (SSSR count). The maximum atomic E-state index is 11.6. The number of rotatable bonds is 5. The molecule has 0 bridgehead atoms. The van der Waals surface area contributed by atoms with Crippen LogP contribution in [0.5, 0.6) is 5.75 Å². The van der Waals surface area contributed by atoms with Gasteiger partial charge in [-0.2, -0.15) is 0 Å². The van der Waals surface area contributed by atoms with E-state index in [1.54, 1.807) is 6.92 Å². The predicted octanol–water partition coefficient (Wildman–Crippen LogP) is 2.11. The Morgan fingerprint density at radius 2 is 2.05 bits per heavy atom. The zero-order valence-corrected chi connectivity index (χ0v) is 13.6. The van der Waals surface area contributed by atoms with Crippen molar-refractivity contribution >= 4 is 27.6 Å². The number of carbonyl (C=O) groups excluding carboxylic acids is 1. The number of carbonyl (C=O) groups is 1. The fourth-order valence-electron chi connectivity index (χ4n) is 2.09. The molecule has 0 saturated heterocycles. The predicted molar refractivity (Wildman–Crippen MR) is 80.2 cm³/mol. The minimum Gasteiger partial charge on any atom is -0.506 e. The summed E-state index contributed by atoms with van der Waals surface area (Å²) in [5, 5.41) is 21.3. The summed E-state index contributed by atoms with van der Waals surface area (Å²) in [5.41, 5.74) is 6.49. The van der Waals surface area contributed by atoms with Crippen LogP contribution in [0, 0.1) is 24.0 Å². The number of nitrogens with two attached hydrogens (primary N) is 1. The van der Waals surface area contributed by atoms with E-state index in [2.05, 4.69) is 15.9 Å². The highest BCUT2D eigenvalue weighted by atomic mass is 79.9. The van der Waals surface area contributed by atoms with E-state index in [1.807, 2.05) is 0 Å². The van der Waals surface area contributed by atoms with Crippen LogP contribution in [-0.4, -0.2) is 28.6 Å². The van der Waals surface area contributed by atoms with Crippen molar-refractivity contribution in [3.8, 4) is 5.75 Å². The van der Waals surface area contributed by atoms with Crippen molar-refractivity contribution in [3.05, 3.63) is 31.3 Å². The molecule has 0 heterocycles. The van der Waals surface area contributed by atoms with Crippen LogP contribution >= 0.6 is 15.9 Å². The van der Waals surface area contributed by atoms with Crippen molar-refractivity contribution in [1.29, 1.82) is 0 Å². The summed E-state index contributed by atoms with van der Waals surface area (Å²) < 4.78 is 5.02. The number of halogens is 1. The minimum atomic E-state index is -0.997. The number of aromatic hydroxyl groups is 1. The summed E-state index contributed by atoms with van der Waals surface area (Å²) in [5.74, 6) is -0.758. The van der Waals surface area contributed by atoms with Gasteiger partial charge in [0.05, 0.1) is 16.0 Å². The van der Waals surface area contributed by atoms with Gasteiger partial charge in [0, 0.05) is 23.1 Å². The van der Waals surface area contributed by atoms with Crippen LogP contribution in [0.1, 0.15) is 23.6 Å². The van der Waals surface area contributed by atoms with Crippen LogP contribution in [0.4, 0.5) is 5.69 Å². The van der Waals surface area contributed by atoms with Gasteiger partial charge in [0.15, 0.2) is 0 Å². The van der Waals surface area contributed by atoms with Gasteiger partial charge in [-0.15, -0.1) is 0 Å².